The fourth-order valence-corrected chi connectivity index (χ4v) is 6.43. The van der Waals surface area contributed by atoms with Crippen LogP contribution in [0.25, 0.3) is 39.5 Å². The summed E-state index contributed by atoms with van der Waals surface area (Å²) >= 11 is 0. The maximum atomic E-state index is 10.9. The molecule has 1 aliphatic carbocycles. The van der Waals surface area contributed by atoms with Crippen LogP contribution in [-0.4, -0.2) is 25.2 Å². The van der Waals surface area contributed by atoms with Crippen LogP contribution in [-0.2, 0) is 5.41 Å². The summed E-state index contributed by atoms with van der Waals surface area (Å²) in [6.07, 6.45) is 4.44. The number of rotatable bonds is 6. The Kier molecular flexibility index (Phi) is 6.83. The number of phenols is 1. The molecule has 2 N–H and O–H groups in total. The molecule has 7 rings (SSSR count). The Hall–Kier alpha value is -5.81. The standard InChI is InChI=1S/C39H29N3O2/c1-2-26(23-24-43)36-40-37(27-13-6-3-7-14-27)42-38(41-36)32-19-12-20-33-35(32)31-22-21-30(44)25-34(31)39(33,28-15-8-4-9-16-28)29-17-10-5-11-18-29/h2-25,43-44H,1H3/b24-23-,26-2+. The van der Waals surface area contributed by atoms with Crippen molar-refractivity contribution in [2.24, 2.45) is 0 Å². The van der Waals surface area contributed by atoms with Gasteiger partial charge in [0.1, 0.15) is 5.75 Å². The number of aromatic hydroxyl groups is 1. The Morgan fingerprint density at radius 1 is 0.636 bits per heavy atom. The zero-order valence-corrected chi connectivity index (χ0v) is 24.1. The number of allylic oxidation sites excluding steroid dienone is 3. The normalized spacial score (nSPS) is 13.5. The van der Waals surface area contributed by atoms with Crippen molar-refractivity contribution in [2.75, 3.05) is 0 Å². The van der Waals surface area contributed by atoms with Gasteiger partial charge in [-0.1, -0.05) is 121 Å². The summed E-state index contributed by atoms with van der Waals surface area (Å²) in [5.41, 5.74) is 7.98. The summed E-state index contributed by atoms with van der Waals surface area (Å²) in [5, 5.41) is 20.5. The van der Waals surface area contributed by atoms with E-state index >= 15 is 0 Å². The molecule has 5 aromatic carbocycles. The third-order valence-electron chi connectivity index (χ3n) is 8.29. The fraction of sp³-hybridized carbons (Fsp3) is 0.0513. The molecule has 0 unspecified atom stereocenters. The quantitative estimate of drug-likeness (QED) is 0.154. The van der Waals surface area contributed by atoms with E-state index in [1.165, 1.54) is 0 Å². The Balaban J connectivity index is 1.58. The van der Waals surface area contributed by atoms with Gasteiger partial charge in [-0.05, 0) is 58.5 Å². The van der Waals surface area contributed by atoms with Gasteiger partial charge in [0.25, 0.3) is 0 Å². The molecule has 0 amide bonds. The predicted octanol–water partition coefficient (Wildman–Crippen LogP) is 8.75. The Bertz CT molecular complexity index is 2000. The van der Waals surface area contributed by atoms with Crippen molar-refractivity contribution in [1.82, 2.24) is 15.0 Å². The molecule has 1 aromatic heterocycles. The summed E-state index contributed by atoms with van der Waals surface area (Å²) in [6, 6.07) is 42.6. The summed E-state index contributed by atoms with van der Waals surface area (Å²) < 4.78 is 0. The lowest BCUT2D eigenvalue weighted by Gasteiger charge is -2.34. The van der Waals surface area contributed by atoms with Crippen molar-refractivity contribution in [1.29, 1.82) is 0 Å². The van der Waals surface area contributed by atoms with E-state index in [9.17, 15) is 10.2 Å². The molecule has 0 atom stereocenters. The third kappa shape index (κ3) is 4.29. The lowest BCUT2D eigenvalue weighted by molar-refractivity contribution is 0.473. The smallest absolute Gasteiger partial charge is 0.164 e. The highest BCUT2D eigenvalue weighted by Gasteiger charge is 2.47. The van der Waals surface area contributed by atoms with Crippen LogP contribution >= 0.6 is 0 Å². The topological polar surface area (TPSA) is 79.1 Å². The first-order chi connectivity index (χ1) is 21.6. The SMILES string of the molecule is C/C=C(\C=C/O)c1nc(-c2ccccc2)nc(-c2cccc3c2-c2ccc(O)cc2C3(c2ccccc2)c2ccccc2)n1. The van der Waals surface area contributed by atoms with Crippen molar-refractivity contribution < 1.29 is 10.2 Å². The molecule has 0 aliphatic heterocycles. The number of aliphatic hydroxyl groups is 1. The van der Waals surface area contributed by atoms with Crippen LogP contribution in [0.3, 0.4) is 0 Å². The number of aromatic nitrogens is 3. The molecule has 0 radical (unpaired) electrons. The highest BCUT2D eigenvalue weighted by molar-refractivity contribution is 5.94. The molecule has 1 heterocycles. The minimum Gasteiger partial charge on any atom is -0.516 e. The molecular weight excluding hydrogens is 542 g/mol. The average molecular weight is 572 g/mol. The molecule has 5 heteroatoms. The number of phenolic OH excluding ortho intramolecular Hbond substituents is 1. The Labute approximate surface area is 256 Å². The lowest BCUT2D eigenvalue weighted by atomic mass is 9.67. The van der Waals surface area contributed by atoms with Gasteiger partial charge < -0.3 is 10.2 Å². The second-order valence-electron chi connectivity index (χ2n) is 10.7. The van der Waals surface area contributed by atoms with Crippen LogP contribution < -0.4 is 0 Å². The van der Waals surface area contributed by atoms with Crippen LogP contribution in [0, 0.1) is 0 Å². The van der Waals surface area contributed by atoms with E-state index in [-0.39, 0.29) is 5.75 Å². The van der Waals surface area contributed by atoms with Gasteiger partial charge in [0, 0.05) is 16.7 Å². The van der Waals surface area contributed by atoms with Crippen LogP contribution in [0.15, 0.2) is 146 Å². The average Bonchev–Trinajstić information content (AvgIpc) is 3.38. The monoisotopic (exact) mass is 571 g/mol. The number of benzene rings is 5. The zero-order chi connectivity index (χ0) is 30.1. The maximum absolute atomic E-state index is 10.9. The van der Waals surface area contributed by atoms with E-state index in [0.717, 1.165) is 50.8 Å². The minimum atomic E-state index is -0.686. The number of fused-ring (bicyclic) bond motifs is 3. The second kappa shape index (κ2) is 11.1. The Morgan fingerprint density at radius 3 is 1.91 bits per heavy atom. The van der Waals surface area contributed by atoms with Crippen LogP contribution in [0.2, 0.25) is 0 Å². The molecule has 5 nitrogen and oxygen atoms in total. The predicted molar refractivity (Wildman–Crippen MR) is 175 cm³/mol. The number of hydrogen-bond acceptors (Lipinski definition) is 5. The first kappa shape index (κ1) is 27.0. The van der Waals surface area contributed by atoms with Gasteiger partial charge in [0.05, 0.1) is 11.7 Å². The fourth-order valence-electron chi connectivity index (χ4n) is 6.43. The summed E-state index contributed by atoms with van der Waals surface area (Å²) in [5.74, 6) is 1.72. The van der Waals surface area contributed by atoms with Crippen molar-refractivity contribution >= 4 is 5.57 Å². The third-order valence-corrected chi connectivity index (χ3v) is 8.29. The molecule has 0 fully saturated rings. The van der Waals surface area contributed by atoms with Gasteiger partial charge in [-0.15, -0.1) is 0 Å². The molecule has 44 heavy (non-hydrogen) atoms. The second-order valence-corrected chi connectivity index (χ2v) is 10.7. The van der Waals surface area contributed by atoms with Gasteiger partial charge in [0.15, 0.2) is 17.5 Å². The summed E-state index contributed by atoms with van der Waals surface area (Å²) in [6.45, 7) is 1.89. The van der Waals surface area contributed by atoms with Crippen molar-refractivity contribution in [3.8, 4) is 39.7 Å². The van der Waals surface area contributed by atoms with Crippen molar-refractivity contribution in [2.45, 2.75) is 12.3 Å². The zero-order valence-electron chi connectivity index (χ0n) is 24.1. The van der Waals surface area contributed by atoms with Crippen LogP contribution in [0.1, 0.15) is 35.0 Å². The van der Waals surface area contributed by atoms with Crippen LogP contribution in [0.5, 0.6) is 5.75 Å². The molecule has 6 aromatic rings. The molecular formula is C39H29N3O2. The number of aliphatic hydroxyl groups excluding tert-OH is 1. The van der Waals surface area contributed by atoms with Crippen molar-refractivity contribution in [3.63, 3.8) is 0 Å². The summed E-state index contributed by atoms with van der Waals surface area (Å²) in [4.78, 5) is 14.8. The van der Waals surface area contributed by atoms with E-state index < -0.39 is 5.41 Å². The van der Waals surface area contributed by atoms with E-state index in [0.29, 0.717) is 23.0 Å². The van der Waals surface area contributed by atoms with E-state index in [1.54, 1.807) is 12.1 Å². The molecule has 0 spiro atoms. The van der Waals surface area contributed by atoms with Crippen molar-refractivity contribution in [3.05, 3.63) is 174 Å². The first-order valence-corrected chi connectivity index (χ1v) is 14.5. The molecule has 1 aliphatic rings. The molecule has 0 bridgehead atoms. The first-order valence-electron chi connectivity index (χ1n) is 14.5. The number of hydrogen-bond donors (Lipinski definition) is 2. The van der Waals surface area contributed by atoms with Gasteiger partial charge in [-0.2, -0.15) is 0 Å². The molecule has 0 saturated carbocycles. The van der Waals surface area contributed by atoms with Gasteiger partial charge in [-0.25, -0.2) is 15.0 Å². The minimum absolute atomic E-state index is 0.205. The van der Waals surface area contributed by atoms with E-state index in [1.807, 2.05) is 73.7 Å². The lowest BCUT2D eigenvalue weighted by Crippen LogP contribution is -2.28. The Morgan fingerprint density at radius 2 is 1.27 bits per heavy atom. The molecule has 212 valence electrons. The maximum Gasteiger partial charge on any atom is 0.164 e. The highest BCUT2D eigenvalue weighted by Crippen LogP contribution is 2.58. The van der Waals surface area contributed by atoms with Gasteiger partial charge in [0.2, 0.25) is 0 Å². The molecule has 0 saturated heterocycles. The van der Waals surface area contributed by atoms with Gasteiger partial charge >= 0.3 is 0 Å². The van der Waals surface area contributed by atoms with Crippen LogP contribution in [0.4, 0.5) is 0 Å². The largest absolute Gasteiger partial charge is 0.516 e. The van der Waals surface area contributed by atoms with Gasteiger partial charge in [-0.3, -0.25) is 0 Å². The van der Waals surface area contributed by atoms with E-state index in [2.05, 4.69) is 60.7 Å². The highest BCUT2D eigenvalue weighted by atomic mass is 16.3. The van der Waals surface area contributed by atoms with E-state index in [4.69, 9.17) is 15.0 Å². The summed E-state index contributed by atoms with van der Waals surface area (Å²) in [7, 11) is 0. The number of nitrogens with zero attached hydrogens (tertiary/aromatic N) is 3.